The zero-order valence-electron chi connectivity index (χ0n) is 14.9. The molecule has 0 aromatic rings. The molecule has 0 aliphatic heterocycles. The van der Waals surface area contributed by atoms with E-state index in [0.717, 1.165) is 44.0 Å². The minimum atomic E-state index is -1.12. The number of aliphatic hydroxyl groups is 1. The predicted octanol–water partition coefficient (Wildman–Crippen LogP) is 4.35. The number of halogens is 1. The number of carbonyl (C=O) groups is 1. The van der Waals surface area contributed by atoms with Gasteiger partial charge in [-0.2, -0.15) is 0 Å². The van der Waals surface area contributed by atoms with Gasteiger partial charge in [-0.05, 0) is 80.3 Å². The van der Waals surface area contributed by atoms with Gasteiger partial charge < -0.3 is 5.11 Å². The molecule has 4 aliphatic carbocycles. The van der Waals surface area contributed by atoms with Crippen molar-refractivity contribution < 1.29 is 14.3 Å². The molecule has 0 aromatic carbocycles. The Morgan fingerprint density at radius 2 is 2.20 bits per heavy atom. The number of fused-ring (bicyclic) bond motifs is 5. The number of allylic oxidation sites excluding steroid dienone is 2. The van der Waals surface area contributed by atoms with Gasteiger partial charge in [-0.1, -0.05) is 18.4 Å². The minimum Gasteiger partial charge on any atom is -0.377 e. The topological polar surface area (TPSA) is 37.3 Å². The summed E-state index contributed by atoms with van der Waals surface area (Å²) < 4.78 is 14.0. The third-order valence-electron chi connectivity index (χ3n) is 8.01. The number of carbonyl (C=O) groups excluding carboxylic acids is 1. The molecule has 0 unspecified atom stereocenters. The fraction of sp³-hybridized carbons (Fsp3) is 0.682. The van der Waals surface area contributed by atoms with Crippen molar-refractivity contribution in [2.75, 3.05) is 0 Å². The number of ketones is 1. The zero-order valence-corrected chi connectivity index (χ0v) is 14.9. The number of hydrogen-bond acceptors (Lipinski definition) is 2. The molecular weight excluding hydrogens is 315 g/mol. The van der Waals surface area contributed by atoms with E-state index in [1.54, 1.807) is 0 Å². The lowest BCUT2D eigenvalue weighted by Crippen LogP contribution is -2.54. The van der Waals surface area contributed by atoms with Crippen molar-refractivity contribution in [3.8, 4) is 12.3 Å². The molecular formula is C22H27FO2. The van der Waals surface area contributed by atoms with E-state index in [9.17, 15) is 14.3 Å². The average Bonchev–Trinajstić information content (AvgIpc) is 2.94. The molecule has 2 nitrogen and oxygen atoms in total. The van der Waals surface area contributed by atoms with Gasteiger partial charge >= 0.3 is 0 Å². The molecule has 3 saturated carbocycles. The summed E-state index contributed by atoms with van der Waals surface area (Å²) >= 11 is 0. The predicted molar refractivity (Wildman–Crippen MR) is 95.1 cm³/mol. The summed E-state index contributed by atoms with van der Waals surface area (Å²) in [5, 5.41) is 11.2. The summed E-state index contributed by atoms with van der Waals surface area (Å²) in [6.07, 6.45) is 14.6. The largest absolute Gasteiger partial charge is 0.377 e. The van der Waals surface area contributed by atoms with Crippen molar-refractivity contribution in [2.45, 2.75) is 63.9 Å². The molecule has 0 spiro atoms. The van der Waals surface area contributed by atoms with Gasteiger partial charge in [0.2, 0.25) is 0 Å². The summed E-state index contributed by atoms with van der Waals surface area (Å²) in [6, 6.07) is 0. The van der Waals surface area contributed by atoms with E-state index < -0.39 is 11.0 Å². The third kappa shape index (κ3) is 2.16. The lowest BCUT2D eigenvalue weighted by Gasteiger charge is -2.56. The van der Waals surface area contributed by atoms with E-state index in [-0.39, 0.29) is 11.7 Å². The van der Waals surface area contributed by atoms with Gasteiger partial charge in [0.05, 0.1) is 6.33 Å². The maximum Gasteiger partial charge on any atom is 0.155 e. The second kappa shape index (κ2) is 5.81. The van der Waals surface area contributed by atoms with Crippen molar-refractivity contribution in [3.05, 3.63) is 23.6 Å². The monoisotopic (exact) mass is 342 g/mol. The highest BCUT2D eigenvalue weighted by molar-refractivity contribution is 5.91. The van der Waals surface area contributed by atoms with Gasteiger partial charge in [-0.15, -0.1) is 6.42 Å². The number of hydrogen-bond donors (Lipinski definition) is 1. The molecule has 0 saturated heterocycles. The second-order valence-electron chi connectivity index (χ2n) is 8.58. The van der Waals surface area contributed by atoms with Crippen LogP contribution in [0.1, 0.15) is 58.3 Å². The van der Waals surface area contributed by atoms with Crippen LogP contribution in [0.2, 0.25) is 0 Å². The maximum atomic E-state index is 14.0. The Balaban J connectivity index is 1.78. The van der Waals surface area contributed by atoms with Crippen LogP contribution in [0.4, 0.5) is 4.39 Å². The molecule has 6 atom stereocenters. The zero-order chi connectivity index (χ0) is 17.8. The molecule has 0 heterocycles. The normalized spacial score (nSPS) is 47.5. The van der Waals surface area contributed by atoms with E-state index in [0.29, 0.717) is 37.0 Å². The Labute approximate surface area is 149 Å². The molecule has 3 fully saturated rings. The molecule has 134 valence electrons. The van der Waals surface area contributed by atoms with Crippen LogP contribution in [0.3, 0.4) is 0 Å². The van der Waals surface area contributed by atoms with E-state index in [1.165, 1.54) is 5.57 Å². The van der Waals surface area contributed by atoms with Crippen molar-refractivity contribution in [1.82, 2.24) is 0 Å². The summed E-state index contributed by atoms with van der Waals surface area (Å²) in [6.45, 7) is 2.09. The molecule has 4 aliphatic rings. The first-order valence-electron chi connectivity index (χ1n) is 9.72. The van der Waals surface area contributed by atoms with Crippen LogP contribution in [0.25, 0.3) is 0 Å². The summed E-state index contributed by atoms with van der Waals surface area (Å²) in [5.74, 6) is 4.11. The first-order valence-corrected chi connectivity index (χ1v) is 9.72. The Hall–Kier alpha value is -1.40. The fourth-order valence-electron chi connectivity index (χ4n) is 6.92. The minimum absolute atomic E-state index is 0.183. The first-order chi connectivity index (χ1) is 12.0. The second-order valence-corrected chi connectivity index (χ2v) is 8.58. The molecule has 0 amide bonds. The summed E-state index contributed by atoms with van der Waals surface area (Å²) in [7, 11) is 0. The molecule has 4 rings (SSSR count). The highest BCUT2D eigenvalue weighted by atomic mass is 19.1. The van der Waals surface area contributed by atoms with Crippen LogP contribution in [0, 0.1) is 41.4 Å². The van der Waals surface area contributed by atoms with Crippen molar-refractivity contribution in [1.29, 1.82) is 0 Å². The fourth-order valence-corrected chi connectivity index (χ4v) is 6.92. The van der Waals surface area contributed by atoms with Gasteiger partial charge in [0.1, 0.15) is 5.60 Å². The van der Waals surface area contributed by atoms with Gasteiger partial charge in [0.15, 0.2) is 5.78 Å². The lowest BCUT2D eigenvalue weighted by molar-refractivity contribution is -0.116. The summed E-state index contributed by atoms with van der Waals surface area (Å²) in [4.78, 5) is 11.8. The van der Waals surface area contributed by atoms with Crippen LogP contribution in [-0.4, -0.2) is 16.5 Å². The Kier molecular flexibility index (Phi) is 3.96. The molecule has 0 bridgehead atoms. The SMILES string of the molecule is C#C[C@]1(O)CC[C@H]2[C@@H]3CCC4=CC(=O)CC[C@@H]4[C@H]3/C(=C/F)C[C@@]21CC. The van der Waals surface area contributed by atoms with Crippen molar-refractivity contribution >= 4 is 5.78 Å². The average molecular weight is 342 g/mol. The van der Waals surface area contributed by atoms with Gasteiger partial charge in [0.25, 0.3) is 0 Å². The highest BCUT2D eigenvalue weighted by Crippen LogP contribution is 2.67. The molecule has 1 N–H and O–H groups in total. The Morgan fingerprint density at radius 3 is 2.88 bits per heavy atom. The van der Waals surface area contributed by atoms with Gasteiger partial charge in [-0.25, -0.2) is 4.39 Å². The van der Waals surface area contributed by atoms with E-state index in [4.69, 9.17) is 6.42 Å². The van der Waals surface area contributed by atoms with Crippen molar-refractivity contribution in [3.63, 3.8) is 0 Å². The Morgan fingerprint density at radius 1 is 1.40 bits per heavy atom. The van der Waals surface area contributed by atoms with Crippen LogP contribution < -0.4 is 0 Å². The van der Waals surface area contributed by atoms with Crippen LogP contribution in [0.5, 0.6) is 0 Å². The van der Waals surface area contributed by atoms with E-state index in [2.05, 4.69) is 12.8 Å². The molecule has 0 aromatic heterocycles. The number of rotatable bonds is 1. The summed E-state index contributed by atoms with van der Waals surface area (Å²) in [5.41, 5.74) is 0.534. The quantitative estimate of drug-likeness (QED) is 0.720. The Bertz CT molecular complexity index is 699. The standard InChI is InChI=1S/C22H27FO2/c1-3-21-12-15(13-23)20-17-8-6-16(24)11-14(17)5-7-18(20)19(21)9-10-22(21,25)4-2/h2,11,13,17-20,25H,3,5-10,12H2,1H3/b15-13+/t17-,18-,19-,20+,21-,22-/m0/s1. The van der Waals surface area contributed by atoms with Crippen LogP contribution in [0.15, 0.2) is 23.6 Å². The molecule has 3 heteroatoms. The van der Waals surface area contributed by atoms with Gasteiger partial charge in [0, 0.05) is 11.8 Å². The van der Waals surface area contributed by atoms with Crippen LogP contribution in [-0.2, 0) is 4.79 Å². The third-order valence-corrected chi connectivity index (χ3v) is 8.01. The molecule has 0 radical (unpaired) electrons. The van der Waals surface area contributed by atoms with Crippen LogP contribution >= 0.6 is 0 Å². The van der Waals surface area contributed by atoms with E-state index >= 15 is 0 Å². The van der Waals surface area contributed by atoms with E-state index in [1.807, 2.05) is 6.08 Å². The lowest BCUT2D eigenvalue weighted by atomic mass is 9.48. The maximum absolute atomic E-state index is 14.0. The first kappa shape index (κ1) is 17.0. The highest BCUT2D eigenvalue weighted by Gasteiger charge is 2.64. The number of terminal acetylenes is 1. The molecule has 25 heavy (non-hydrogen) atoms. The van der Waals surface area contributed by atoms with Crippen molar-refractivity contribution in [2.24, 2.45) is 29.1 Å². The van der Waals surface area contributed by atoms with Gasteiger partial charge in [-0.3, -0.25) is 4.79 Å². The smallest absolute Gasteiger partial charge is 0.155 e.